The summed E-state index contributed by atoms with van der Waals surface area (Å²) in [6.07, 6.45) is 0. The second-order valence-corrected chi connectivity index (χ2v) is 8.03. The van der Waals surface area contributed by atoms with Crippen LogP contribution in [0.1, 0.15) is 5.01 Å². The third kappa shape index (κ3) is 4.66. The van der Waals surface area contributed by atoms with Gasteiger partial charge in [0.05, 0.1) is 22.1 Å². The van der Waals surface area contributed by atoms with Crippen LogP contribution in [0.15, 0.2) is 59.1 Å². The van der Waals surface area contributed by atoms with Crippen molar-refractivity contribution < 1.29 is 9.18 Å². The normalized spacial score (nSPS) is 10.8. The van der Waals surface area contributed by atoms with Gasteiger partial charge in [0.15, 0.2) is 0 Å². The smallest absolute Gasteiger partial charge is 0.234 e. The fraction of sp³-hybridized carbons (Fsp3) is 0.105. The van der Waals surface area contributed by atoms with E-state index < -0.39 is 0 Å². The Morgan fingerprint density at radius 2 is 2.10 bits per heavy atom. The summed E-state index contributed by atoms with van der Waals surface area (Å²) in [6, 6.07) is 13.5. The van der Waals surface area contributed by atoms with Gasteiger partial charge in [-0.25, -0.2) is 9.37 Å². The van der Waals surface area contributed by atoms with Gasteiger partial charge in [-0.1, -0.05) is 30.0 Å². The van der Waals surface area contributed by atoms with Gasteiger partial charge in [0.25, 0.3) is 0 Å². The Kier molecular flexibility index (Phi) is 5.63. The number of thioether (sulfide) groups is 1. The summed E-state index contributed by atoms with van der Waals surface area (Å²) in [5.41, 5.74) is 3.00. The average Bonchev–Trinajstić information content (AvgIpc) is 3.35. The van der Waals surface area contributed by atoms with E-state index in [1.54, 1.807) is 23.5 Å². The minimum absolute atomic E-state index is 0.107. The SMILES string of the molecule is Cc1nc(-c2cccc(NC(=O)CSc3nnnn3-c3cccc(F)c3)c2)cs1. The Morgan fingerprint density at radius 1 is 1.24 bits per heavy atom. The molecule has 0 radical (unpaired) electrons. The molecule has 0 saturated carbocycles. The number of nitrogens with one attached hydrogen (secondary N) is 1. The molecule has 0 spiro atoms. The molecule has 2 aromatic heterocycles. The molecule has 0 aliphatic carbocycles. The van der Waals surface area contributed by atoms with Crippen molar-refractivity contribution in [3.63, 3.8) is 0 Å². The van der Waals surface area contributed by atoms with Crippen molar-refractivity contribution in [2.75, 3.05) is 11.1 Å². The van der Waals surface area contributed by atoms with E-state index >= 15 is 0 Å². The van der Waals surface area contributed by atoms with Gasteiger partial charge in [-0.15, -0.1) is 16.4 Å². The quantitative estimate of drug-likeness (QED) is 0.470. The molecule has 1 N–H and O–H groups in total. The highest BCUT2D eigenvalue weighted by molar-refractivity contribution is 7.99. The van der Waals surface area contributed by atoms with E-state index in [2.05, 4.69) is 25.8 Å². The maximum absolute atomic E-state index is 13.4. The molecule has 10 heteroatoms. The molecule has 4 aromatic rings. The van der Waals surface area contributed by atoms with Gasteiger partial charge in [0.1, 0.15) is 5.82 Å². The molecule has 2 heterocycles. The number of thiazole rings is 1. The van der Waals surface area contributed by atoms with Crippen LogP contribution in [-0.2, 0) is 4.79 Å². The molecule has 146 valence electrons. The van der Waals surface area contributed by atoms with Gasteiger partial charge < -0.3 is 5.32 Å². The molecule has 1 amide bonds. The lowest BCUT2D eigenvalue weighted by molar-refractivity contribution is -0.113. The van der Waals surface area contributed by atoms with E-state index in [1.165, 1.54) is 28.6 Å². The summed E-state index contributed by atoms with van der Waals surface area (Å²) in [5, 5.41) is 17.6. The van der Waals surface area contributed by atoms with Crippen LogP contribution >= 0.6 is 23.1 Å². The number of aromatic nitrogens is 5. The van der Waals surface area contributed by atoms with Crippen LogP contribution in [-0.4, -0.2) is 36.9 Å². The van der Waals surface area contributed by atoms with Crippen molar-refractivity contribution in [2.45, 2.75) is 12.1 Å². The standard InChI is InChI=1S/C19H15FN6OS2/c1-12-21-17(10-28-12)13-4-2-6-15(8-13)22-18(27)11-29-19-23-24-25-26(19)16-7-3-5-14(20)9-16/h2-10H,11H2,1H3,(H,22,27). The number of carbonyl (C=O) groups is 1. The molecular weight excluding hydrogens is 411 g/mol. The minimum atomic E-state index is -0.387. The molecule has 29 heavy (non-hydrogen) atoms. The van der Waals surface area contributed by atoms with E-state index in [4.69, 9.17) is 0 Å². The Balaban J connectivity index is 1.41. The van der Waals surface area contributed by atoms with E-state index in [9.17, 15) is 9.18 Å². The number of hydrogen-bond acceptors (Lipinski definition) is 7. The number of rotatable bonds is 6. The molecule has 0 aliphatic heterocycles. The number of carbonyl (C=O) groups excluding carboxylic acids is 1. The zero-order valence-electron chi connectivity index (χ0n) is 15.2. The van der Waals surface area contributed by atoms with Gasteiger partial charge in [-0.3, -0.25) is 4.79 Å². The number of aryl methyl sites for hydroxylation is 1. The second-order valence-electron chi connectivity index (χ2n) is 6.02. The molecule has 0 saturated heterocycles. The van der Waals surface area contributed by atoms with Crippen molar-refractivity contribution in [1.29, 1.82) is 0 Å². The molecule has 4 rings (SSSR count). The summed E-state index contributed by atoms with van der Waals surface area (Å²) in [4.78, 5) is 16.8. The lowest BCUT2D eigenvalue weighted by Gasteiger charge is -2.07. The minimum Gasteiger partial charge on any atom is -0.325 e. The maximum Gasteiger partial charge on any atom is 0.234 e. The van der Waals surface area contributed by atoms with Gasteiger partial charge in [-0.05, 0) is 47.7 Å². The number of amides is 1. The molecule has 2 aromatic carbocycles. The van der Waals surface area contributed by atoms with Crippen LogP contribution in [0.4, 0.5) is 10.1 Å². The number of nitrogens with zero attached hydrogens (tertiary/aromatic N) is 5. The molecule has 0 fully saturated rings. The van der Waals surface area contributed by atoms with E-state index in [0.29, 0.717) is 16.5 Å². The van der Waals surface area contributed by atoms with Crippen molar-refractivity contribution in [3.05, 3.63) is 64.7 Å². The highest BCUT2D eigenvalue weighted by atomic mass is 32.2. The summed E-state index contributed by atoms with van der Waals surface area (Å²) in [6.45, 7) is 1.95. The van der Waals surface area contributed by atoms with Crippen molar-refractivity contribution in [3.8, 4) is 16.9 Å². The van der Waals surface area contributed by atoms with Crippen LogP contribution in [0.3, 0.4) is 0 Å². The number of hydrogen-bond donors (Lipinski definition) is 1. The molecule has 0 bridgehead atoms. The maximum atomic E-state index is 13.4. The Labute approximate surface area is 174 Å². The van der Waals surface area contributed by atoms with Crippen LogP contribution < -0.4 is 5.32 Å². The first-order valence-corrected chi connectivity index (χ1v) is 10.4. The fourth-order valence-electron chi connectivity index (χ4n) is 2.62. The van der Waals surface area contributed by atoms with Gasteiger partial charge in [0, 0.05) is 16.6 Å². The predicted octanol–water partition coefficient (Wildman–Crippen LogP) is 3.96. The van der Waals surface area contributed by atoms with Crippen LogP contribution in [0.2, 0.25) is 0 Å². The number of halogens is 1. The van der Waals surface area contributed by atoms with Gasteiger partial charge in [-0.2, -0.15) is 4.68 Å². The number of anilines is 1. The summed E-state index contributed by atoms with van der Waals surface area (Å²) in [5.74, 6) is -0.479. The van der Waals surface area contributed by atoms with E-state index in [-0.39, 0.29) is 17.5 Å². The molecule has 0 atom stereocenters. The summed E-state index contributed by atoms with van der Waals surface area (Å²) >= 11 is 2.75. The Morgan fingerprint density at radius 3 is 2.90 bits per heavy atom. The highest BCUT2D eigenvalue weighted by Crippen LogP contribution is 2.24. The topological polar surface area (TPSA) is 85.6 Å². The van der Waals surface area contributed by atoms with Gasteiger partial charge in [0.2, 0.25) is 11.1 Å². The first-order valence-electron chi connectivity index (χ1n) is 8.58. The third-order valence-corrected chi connectivity index (χ3v) is 5.58. The average molecular weight is 427 g/mol. The van der Waals surface area contributed by atoms with Crippen LogP contribution in [0.5, 0.6) is 0 Å². The van der Waals surface area contributed by atoms with Crippen molar-refractivity contribution in [1.82, 2.24) is 25.2 Å². The largest absolute Gasteiger partial charge is 0.325 e. The monoisotopic (exact) mass is 426 g/mol. The highest BCUT2D eigenvalue weighted by Gasteiger charge is 2.13. The molecule has 0 aliphatic rings. The van der Waals surface area contributed by atoms with Crippen LogP contribution in [0, 0.1) is 12.7 Å². The van der Waals surface area contributed by atoms with Gasteiger partial charge >= 0.3 is 0 Å². The summed E-state index contributed by atoms with van der Waals surface area (Å²) in [7, 11) is 0. The number of benzene rings is 2. The Hall–Kier alpha value is -3.11. The predicted molar refractivity (Wildman–Crippen MR) is 111 cm³/mol. The van der Waals surface area contributed by atoms with E-state index in [1.807, 2.05) is 36.6 Å². The first-order chi connectivity index (χ1) is 14.1. The molecule has 7 nitrogen and oxygen atoms in total. The van der Waals surface area contributed by atoms with Crippen molar-refractivity contribution >= 4 is 34.7 Å². The molecular formula is C19H15FN6OS2. The summed E-state index contributed by atoms with van der Waals surface area (Å²) < 4.78 is 14.8. The van der Waals surface area contributed by atoms with Crippen molar-refractivity contribution in [2.24, 2.45) is 0 Å². The molecule has 0 unspecified atom stereocenters. The second kappa shape index (κ2) is 8.50. The van der Waals surface area contributed by atoms with Crippen LogP contribution in [0.25, 0.3) is 16.9 Å². The lowest BCUT2D eigenvalue weighted by atomic mass is 10.1. The zero-order chi connectivity index (χ0) is 20.2. The van der Waals surface area contributed by atoms with E-state index in [0.717, 1.165) is 16.3 Å². The number of tetrazole rings is 1. The fourth-order valence-corrected chi connectivity index (χ4v) is 3.93. The third-order valence-electron chi connectivity index (χ3n) is 3.89. The lowest BCUT2D eigenvalue weighted by Crippen LogP contribution is -2.14. The first kappa shape index (κ1) is 19.2. The Bertz CT molecular complexity index is 1160. The zero-order valence-corrected chi connectivity index (χ0v) is 16.9.